The van der Waals surface area contributed by atoms with Crippen molar-refractivity contribution >= 4 is 39.5 Å². The number of aliphatic hydroxyl groups excluding tert-OH is 1. The Bertz CT molecular complexity index is 2000. The second-order valence-corrected chi connectivity index (χ2v) is 34.1. The molecule has 0 aromatic carbocycles. The van der Waals surface area contributed by atoms with Crippen LogP contribution in [0.5, 0.6) is 0 Å². The number of ether oxygens (including phenoxy) is 4. The van der Waals surface area contributed by atoms with Gasteiger partial charge in [-0.05, 0) is 43.4 Å². The molecule has 0 saturated carbocycles. The van der Waals surface area contributed by atoms with Crippen molar-refractivity contribution in [2.24, 2.45) is 17.8 Å². The first-order chi connectivity index (χ1) is 49.8. The quantitative estimate of drug-likeness (QED) is 0.0222. The van der Waals surface area contributed by atoms with Crippen molar-refractivity contribution in [2.75, 3.05) is 39.6 Å². The third kappa shape index (κ3) is 75.3. The number of rotatable bonds is 82. The van der Waals surface area contributed by atoms with E-state index >= 15 is 0 Å². The van der Waals surface area contributed by atoms with Crippen LogP contribution in [0, 0.1) is 17.8 Å². The Morgan fingerprint density at radius 3 is 0.738 bits per heavy atom. The smallest absolute Gasteiger partial charge is 0.462 e. The number of phosphoric acid groups is 2. The lowest BCUT2D eigenvalue weighted by atomic mass is 9.99. The molecule has 0 aromatic heterocycles. The highest BCUT2D eigenvalue weighted by atomic mass is 31.2. The standard InChI is InChI=1S/C84H164O17P2/c1-8-11-12-13-14-15-16-17-18-19-22-29-34-39-44-53-60-68-84(89)101-80(72-95-82(87)66-59-52-47-46-50-57-64-77(7)10-3)74-99-103(92,93)97-70-78(85)69-96-102(90,91)98-73-79(100-83(88)67-61-54-45-40-35-30-23-20-21-26-31-36-41-48-55-62-75(4)5)71-94-81(86)65-58-51-43-38-33-28-25-24-27-32-37-42-49-56-63-76(6)9-2/h75-80,85H,8-74H2,1-7H3,(H,90,91)(H,92,93)/t76?,77?,78-,79-,80-/m1/s1. The highest BCUT2D eigenvalue weighted by Gasteiger charge is 2.30. The van der Waals surface area contributed by atoms with E-state index in [0.717, 1.165) is 114 Å². The van der Waals surface area contributed by atoms with E-state index < -0.39 is 97.5 Å². The molecule has 0 aromatic rings. The first kappa shape index (κ1) is 101. The maximum absolute atomic E-state index is 13.1. The number of unbranched alkanes of at least 4 members (excludes halogenated alkanes) is 48. The van der Waals surface area contributed by atoms with Crippen molar-refractivity contribution in [3.63, 3.8) is 0 Å². The molecule has 7 atom stereocenters. The SMILES string of the molecule is CCCCCCCCCCCCCCCCCCCC(=O)O[C@H](COC(=O)CCCCCCCCC(C)CC)COP(=O)(O)OC[C@H](O)COP(=O)(O)OC[C@@H](COC(=O)CCCCCCCCCCCCCCCCC(C)CC)OC(=O)CCCCCCCCCCCCCCCCCC(C)C. The van der Waals surface area contributed by atoms with Gasteiger partial charge in [0.1, 0.15) is 19.3 Å². The first-order valence-corrected chi connectivity index (χ1v) is 46.4. The molecule has 0 heterocycles. The fourth-order valence-corrected chi connectivity index (χ4v) is 14.5. The van der Waals surface area contributed by atoms with Crippen LogP contribution in [-0.2, 0) is 65.4 Å². The van der Waals surface area contributed by atoms with Crippen molar-refractivity contribution < 1.29 is 80.2 Å². The molecule has 0 spiro atoms. The molecule has 0 radical (unpaired) electrons. The maximum Gasteiger partial charge on any atom is 0.472 e. The van der Waals surface area contributed by atoms with Gasteiger partial charge in [-0.25, -0.2) is 9.13 Å². The minimum absolute atomic E-state index is 0.108. The van der Waals surface area contributed by atoms with Crippen LogP contribution in [0.1, 0.15) is 440 Å². The maximum atomic E-state index is 13.1. The van der Waals surface area contributed by atoms with E-state index in [2.05, 4.69) is 48.5 Å². The molecule has 0 aliphatic carbocycles. The normalized spacial score (nSPS) is 14.4. The summed E-state index contributed by atoms with van der Waals surface area (Å²) in [5.74, 6) is 0.276. The Kier molecular flexibility index (Phi) is 72.8. The summed E-state index contributed by atoms with van der Waals surface area (Å²) in [4.78, 5) is 73.2. The zero-order valence-corrected chi connectivity index (χ0v) is 69.6. The average Bonchev–Trinajstić information content (AvgIpc) is 1.02. The summed E-state index contributed by atoms with van der Waals surface area (Å²) in [6.45, 7) is 12.0. The summed E-state index contributed by atoms with van der Waals surface area (Å²) >= 11 is 0. The molecule has 0 saturated heterocycles. The number of hydrogen-bond acceptors (Lipinski definition) is 15. The van der Waals surface area contributed by atoms with E-state index in [1.807, 2.05) is 0 Å². The van der Waals surface area contributed by atoms with Crippen molar-refractivity contribution in [2.45, 2.75) is 458 Å². The minimum Gasteiger partial charge on any atom is -0.462 e. The number of carbonyl (C=O) groups excluding carboxylic acids is 4. The Morgan fingerprint density at radius 2 is 0.495 bits per heavy atom. The lowest BCUT2D eigenvalue weighted by Crippen LogP contribution is -2.30. The predicted octanol–water partition coefficient (Wildman–Crippen LogP) is 25.3. The lowest BCUT2D eigenvalue weighted by Gasteiger charge is -2.21. The van der Waals surface area contributed by atoms with Crippen LogP contribution in [-0.4, -0.2) is 96.7 Å². The Morgan fingerprint density at radius 1 is 0.282 bits per heavy atom. The summed E-state index contributed by atoms with van der Waals surface area (Å²) in [5, 5.41) is 10.7. The number of hydrogen-bond donors (Lipinski definition) is 3. The summed E-state index contributed by atoms with van der Waals surface area (Å²) in [6, 6.07) is 0. The third-order valence-electron chi connectivity index (χ3n) is 20.4. The van der Waals surface area contributed by atoms with Gasteiger partial charge in [0.05, 0.1) is 26.4 Å². The molecule has 0 aliphatic heterocycles. The van der Waals surface area contributed by atoms with Crippen molar-refractivity contribution in [1.82, 2.24) is 0 Å². The topological polar surface area (TPSA) is 237 Å². The van der Waals surface area contributed by atoms with Gasteiger partial charge >= 0.3 is 39.5 Å². The number of aliphatic hydroxyl groups is 1. The average molecular weight is 1510 g/mol. The molecule has 3 N–H and O–H groups in total. The zero-order valence-electron chi connectivity index (χ0n) is 67.8. The van der Waals surface area contributed by atoms with Crippen LogP contribution in [0.4, 0.5) is 0 Å². The molecular formula is C84H164O17P2. The van der Waals surface area contributed by atoms with E-state index in [0.29, 0.717) is 25.7 Å². The van der Waals surface area contributed by atoms with Crippen molar-refractivity contribution in [3.05, 3.63) is 0 Å². The van der Waals surface area contributed by atoms with Crippen LogP contribution < -0.4 is 0 Å². The van der Waals surface area contributed by atoms with Gasteiger partial charge in [-0.2, -0.15) is 0 Å². The summed E-state index contributed by atoms with van der Waals surface area (Å²) < 4.78 is 68.8. The highest BCUT2D eigenvalue weighted by molar-refractivity contribution is 7.47. The Labute approximate surface area is 632 Å². The molecule has 0 rings (SSSR count). The van der Waals surface area contributed by atoms with Crippen molar-refractivity contribution in [3.8, 4) is 0 Å². The van der Waals surface area contributed by atoms with Gasteiger partial charge in [0, 0.05) is 25.7 Å². The monoisotopic (exact) mass is 1510 g/mol. The molecule has 0 aliphatic rings. The molecule has 0 fully saturated rings. The van der Waals surface area contributed by atoms with Gasteiger partial charge in [0.25, 0.3) is 0 Å². The van der Waals surface area contributed by atoms with E-state index in [1.54, 1.807) is 0 Å². The van der Waals surface area contributed by atoms with Gasteiger partial charge in [0.2, 0.25) is 0 Å². The second-order valence-electron chi connectivity index (χ2n) is 31.2. The Hall–Kier alpha value is -1.94. The van der Waals surface area contributed by atoms with Crippen molar-refractivity contribution in [1.29, 1.82) is 0 Å². The van der Waals surface area contributed by atoms with Crippen LogP contribution in [0.3, 0.4) is 0 Å². The molecule has 4 unspecified atom stereocenters. The minimum atomic E-state index is -4.96. The number of carbonyl (C=O) groups is 4. The zero-order chi connectivity index (χ0) is 75.8. The first-order valence-electron chi connectivity index (χ1n) is 43.4. The van der Waals surface area contributed by atoms with Gasteiger partial charge in [0.15, 0.2) is 12.2 Å². The second kappa shape index (κ2) is 74.2. The van der Waals surface area contributed by atoms with E-state index in [9.17, 15) is 43.2 Å². The van der Waals surface area contributed by atoms with Crippen LogP contribution >= 0.6 is 15.6 Å². The highest BCUT2D eigenvalue weighted by Crippen LogP contribution is 2.45. The largest absolute Gasteiger partial charge is 0.472 e. The number of phosphoric ester groups is 2. The van der Waals surface area contributed by atoms with Gasteiger partial charge in [-0.1, -0.05) is 389 Å². The summed E-state index contributed by atoms with van der Waals surface area (Å²) in [6.07, 6.45) is 63.8. The number of esters is 4. The molecule has 17 nitrogen and oxygen atoms in total. The molecule has 0 amide bonds. The van der Waals surface area contributed by atoms with Gasteiger partial charge in [-0.3, -0.25) is 37.3 Å². The predicted molar refractivity (Wildman–Crippen MR) is 423 cm³/mol. The fourth-order valence-electron chi connectivity index (χ4n) is 13.0. The van der Waals surface area contributed by atoms with Crippen LogP contribution in [0.25, 0.3) is 0 Å². The van der Waals surface area contributed by atoms with E-state index in [4.69, 9.17) is 37.0 Å². The molecule has 103 heavy (non-hydrogen) atoms. The third-order valence-corrected chi connectivity index (χ3v) is 22.3. The Balaban J connectivity index is 5.25. The fraction of sp³-hybridized carbons (Fsp3) is 0.952. The molecular weight excluding hydrogens is 1340 g/mol. The summed E-state index contributed by atoms with van der Waals surface area (Å²) in [5.41, 5.74) is 0. The van der Waals surface area contributed by atoms with Crippen LogP contribution in [0.2, 0.25) is 0 Å². The molecule has 19 heteroatoms. The molecule has 612 valence electrons. The summed E-state index contributed by atoms with van der Waals surface area (Å²) in [7, 11) is -9.93. The molecule has 0 bridgehead atoms. The van der Waals surface area contributed by atoms with E-state index in [1.165, 1.54) is 244 Å². The van der Waals surface area contributed by atoms with E-state index in [-0.39, 0.29) is 25.7 Å². The van der Waals surface area contributed by atoms with Gasteiger partial charge < -0.3 is 33.8 Å². The lowest BCUT2D eigenvalue weighted by molar-refractivity contribution is -0.161. The van der Waals surface area contributed by atoms with Crippen LogP contribution in [0.15, 0.2) is 0 Å². The van der Waals surface area contributed by atoms with Gasteiger partial charge in [-0.15, -0.1) is 0 Å².